The maximum absolute atomic E-state index is 12.3. The molecule has 0 aromatic carbocycles. The first-order valence-corrected chi connectivity index (χ1v) is 8.24. The Morgan fingerprint density at radius 3 is 2.25 bits per heavy atom. The minimum atomic E-state index is -0.606. The van der Waals surface area contributed by atoms with Gasteiger partial charge in [-0.15, -0.1) is 0 Å². The Morgan fingerprint density at radius 1 is 1.25 bits per heavy atom. The van der Waals surface area contributed by atoms with Crippen molar-refractivity contribution in [3.05, 3.63) is 0 Å². The molecule has 1 fully saturated rings. The van der Waals surface area contributed by atoms with E-state index in [4.69, 9.17) is 5.73 Å². The van der Waals surface area contributed by atoms with E-state index in [0.29, 0.717) is 12.0 Å². The van der Waals surface area contributed by atoms with E-state index in [-0.39, 0.29) is 5.91 Å². The van der Waals surface area contributed by atoms with Crippen LogP contribution >= 0.6 is 0 Å². The van der Waals surface area contributed by atoms with Gasteiger partial charge in [0.25, 0.3) is 0 Å². The zero-order chi connectivity index (χ0) is 15.2. The van der Waals surface area contributed by atoms with E-state index in [1.54, 1.807) is 0 Å². The van der Waals surface area contributed by atoms with Crippen molar-refractivity contribution in [2.75, 3.05) is 19.6 Å². The lowest BCUT2D eigenvalue weighted by Gasteiger charge is -2.32. The van der Waals surface area contributed by atoms with E-state index in [0.717, 1.165) is 51.7 Å². The zero-order valence-electron chi connectivity index (χ0n) is 13.7. The molecule has 0 heterocycles. The van der Waals surface area contributed by atoms with Crippen LogP contribution in [-0.2, 0) is 4.79 Å². The fraction of sp³-hybridized carbons (Fsp3) is 0.938. The van der Waals surface area contributed by atoms with Gasteiger partial charge < -0.3 is 11.1 Å². The van der Waals surface area contributed by atoms with Gasteiger partial charge in [0, 0.05) is 12.6 Å². The van der Waals surface area contributed by atoms with Gasteiger partial charge in [-0.3, -0.25) is 9.69 Å². The fourth-order valence-electron chi connectivity index (χ4n) is 3.27. The largest absolute Gasteiger partial charge is 0.353 e. The monoisotopic (exact) mass is 283 g/mol. The molecule has 1 rings (SSSR count). The van der Waals surface area contributed by atoms with Crippen LogP contribution in [0.5, 0.6) is 0 Å². The number of carbonyl (C=O) groups excluding carboxylic acids is 1. The van der Waals surface area contributed by atoms with Crippen molar-refractivity contribution in [1.29, 1.82) is 0 Å². The summed E-state index contributed by atoms with van der Waals surface area (Å²) in [6, 6.07) is 0.416. The molecule has 1 aliphatic carbocycles. The highest BCUT2D eigenvalue weighted by Gasteiger charge is 2.37. The molecule has 0 aliphatic heterocycles. The second-order valence-electron chi connectivity index (χ2n) is 6.58. The van der Waals surface area contributed by atoms with Gasteiger partial charge in [0.1, 0.15) is 0 Å². The van der Waals surface area contributed by atoms with Crippen LogP contribution in [0.25, 0.3) is 0 Å². The van der Waals surface area contributed by atoms with Crippen LogP contribution in [0.15, 0.2) is 0 Å². The summed E-state index contributed by atoms with van der Waals surface area (Å²) in [7, 11) is 0. The van der Waals surface area contributed by atoms with Crippen molar-refractivity contribution < 1.29 is 4.79 Å². The summed E-state index contributed by atoms with van der Waals surface area (Å²) < 4.78 is 0. The fourth-order valence-corrected chi connectivity index (χ4v) is 3.27. The Kier molecular flexibility index (Phi) is 6.96. The number of rotatable bonds is 8. The predicted molar refractivity (Wildman–Crippen MR) is 84.6 cm³/mol. The number of likely N-dealkylation sites (N-methyl/N-ethyl adjacent to an activating group) is 1. The summed E-state index contributed by atoms with van der Waals surface area (Å²) in [5.74, 6) is 0.687. The van der Waals surface area contributed by atoms with E-state index < -0.39 is 5.54 Å². The molecule has 1 atom stereocenters. The van der Waals surface area contributed by atoms with E-state index >= 15 is 0 Å². The second-order valence-corrected chi connectivity index (χ2v) is 6.58. The van der Waals surface area contributed by atoms with Crippen LogP contribution in [0, 0.1) is 5.92 Å². The van der Waals surface area contributed by atoms with Crippen molar-refractivity contribution in [3.8, 4) is 0 Å². The number of amides is 1. The first-order valence-electron chi connectivity index (χ1n) is 8.24. The van der Waals surface area contributed by atoms with Crippen LogP contribution < -0.4 is 11.1 Å². The predicted octanol–water partition coefficient (Wildman–Crippen LogP) is 2.13. The maximum atomic E-state index is 12.3. The Morgan fingerprint density at radius 2 is 1.80 bits per heavy atom. The highest BCUT2D eigenvalue weighted by molar-refractivity contribution is 5.86. The SMILES string of the molecule is CCN(CC)C(CNC(=O)C1(N)CCCC1)CC(C)C. The third-order valence-corrected chi connectivity index (χ3v) is 4.52. The van der Waals surface area contributed by atoms with Crippen LogP contribution in [-0.4, -0.2) is 42.0 Å². The summed E-state index contributed by atoms with van der Waals surface area (Å²) in [5.41, 5.74) is 5.60. The van der Waals surface area contributed by atoms with Gasteiger partial charge in [-0.2, -0.15) is 0 Å². The van der Waals surface area contributed by atoms with Gasteiger partial charge >= 0.3 is 0 Å². The summed E-state index contributed by atoms with van der Waals surface area (Å²) in [6.45, 7) is 11.6. The van der Waals surface area contributed by atoms with Crippen molar-refractivity contribution in [1.82, 2.24) is 10.2 Å². The standard InChI is InChI=1S/C16H33N3O/c1-5-19(6-2)14(11-13(3)4)12-18-15(20)16(17)9-7-8-10-16/h13-14H,5-12,17H2,1-4H3,(H,18,20). The molecule has 1 amide bonds. The molecule has 1 unspecified atom stereocenters. The van der Waals surface area contributed by atoms with Crippen molar-refractivity contribution >= 4 is 5.91 Å². The van der Waals surface area contributed by atoms with Crippen LogP contribution in [0.3, 0.4) is 0 Å². The summed E-state index contributed by atoms with van der Waals surface area (Å²) in [6.07, 6.45) is 4.93. The molecule has 4 heteroatoms. The number of nitrogens with two attached hydrogens (primary N) is 1. The van der Waals surface area contributed by atoms with Crippen LogP contribution in [0.1, 0.15) is 59.8 Å². The number of hydrogen-bond acceptors (Lipinski definition) is 3. The molecule has 0 aromatic rings. The second kappa shape index (κ2) is 7.99. The average Bonchev–Trinajstić information content (AvgIpc) is 2.84. The molecule has 0 radical (unpaired) electrons. The van der Waals surface area contributed by atoms with Crippen LogP contribution in [0.2, 0.25) is 0 Å². The van der Waals surface area contributed by atoms with Gasteiger partial charge in [0.05, 0.1) is 5.54 Å². The average molecular weight is 283 g/mol. The number of nitrogens with one attached hydrogen (secondary N) is 1. The molecule has 20 heavy (non-hydrogen) atoms. The molecule has 0 saturated heterocycles. The third kappa shape index (κ3) is 4.74. The molecule has 118 valence electrons. The quantitative estimate of drug-likeness (QED) is 0.717. The summed E-state index contributed by atoms with van der Waals surface area (Å²) in [5, 5.41) is 3.11. The highest BCUT2D eigenvalue weighted by Crippen LogP contribution is 2.27. The number of hydrogen-bond donors (Lipinski definition) is 2. The Bertz CT molecular complexity index is 294. The highest BCUT2D eigenvalue weighted by atomic mass is 16.2. The van der Waals surface area contributed by atoms with E-state index in [1.165, 1.54) is 0 Å². The number of carbonyl (C=O) groups is 1. The first-order chi connectivity index (χ1) is 9.42. The maximum Gasteiger partial charge on any atom is 0.240 e. The van der Waals surface area contributed by atoms with E-state index in [1.807, 2.05) is 0 Å². The normalized spacial score (nSPS) is 19.6. The lowest BCUT2D eigenvalue weighted by Crippen LogP contribution is -2.54. The molecule has 0 spiro atoms. The topological polar surface area (TPSA) is 58.4 Å². The van der Waals surface area contributed by atoms with Crippen molar-refractivity contribution in [2.24, 2.45) is 11.7 Å². The van der Waals surface area contributed by atoms with Crippen LogP contribution in [0.4, 0.5) is 0 Å². The van der Waals surface area contributed by atoms with Gasteiger partial charge in [-0.1, -0.05) is 40.5 Å². The Balaban J connectivity index is 2.54. The molecule has 1 saturated carbocycles. The van der Waals surface area contributed by atoms with E-state index in [2.05, 4.69) is 37.9 Å². The molecule has 0 aromatic heterocycles. The van der Waals surface area contributed by atoms with Crippen molar-refractivity contribution in [2.45, 2.75) is 71.4 Å². The van der Waals surface area contributed by atoms with E-state index in [9.17, 15) is 4.79 Å². The van der Waals surface area contributed by atoms with Crippen molar-refractivity contribution in [3.63, 3.8) is 0 Å². The van der Waals surface area contributed by atoms with Gasteiger partial charge in [-0.25, -0.2) is 0 Å². The lowest BCUT2D eigenvalue weighted by molar-refractivity contribution is -0.126. The first kappa shape index (κ1) is 17.4. The molecule has 1 aliphatic rings. The minimum Gasteiger partial charge on any atom is -0.353 e. The summed E-state index contributed by atoms with van der Waals surface area (Å²) in [4.78, 5) is 14.7. The molecule has 0 bridgehead atoms. The molecular formula is C16H33N3O. The Labute approximate surface area is 124 Å². The number of nitrogens with zero attached hydrogens (tertiary/aromatic N) is 1. The van der Waals surface area contributed by atoms with Gasteiger partial charge in [0.2, 0.25) is 5.91 Å². The molecular weight excluding hydrogens is 250 g/mol. The minimum absolute atomic E-state index is 0.0518. The lowest BCUT2D eigenvalue weighted by atomic mass is 9.97. The third-order valence-electron chi connectivity index (χ3n) is 4.52. The zero-order valence-corrected chi connectivity index (χ0v) is 13.7. The van der Waals surface area contributed by atoms with Gasteiger partial charge in [0.15, 0.2) is 0 Å². The summed E-state index contributed by atoms with van der Waals surface area (Å²) >= 11 is 0. The molecule has 4 nitrogen and oxygen atoms in total. The molecule has 3 N–H and O–H groups in total. The Hall–Kier alpha value is -0.610. The smallest absolute Gasteiger partial charge is 0.240 e. The van der Waals surface area contributed by atoms with Gasteiger partial charge in [-0.05, 0) is 38.3 Å².